The van der Waals surface area contributed by atoms with Gasteiger partial charge in [0.1, 0.15) is 11.5 Å². The van der Waals surface area contributed by atoms with E-state index in [9.17, 15) is 4.79 Å². The molecule has 28 heavy (non-hydrogen) atoms. The van der Waals surface area contributed by atoms with Crippen LogP contribution in [-0.2, 0) is 11.3 Å². The Balaban J connectivity index is 1.60. The van der Waals surface area contributed by atoms with E-state index in [2.05, 4.69) is 15.5 Å². The van der Waals surface area contributed by atoms with Crippen LogP contribution < -0.4 is 14.8 Å². The Morgan fingerprint density at radius 1 is 1.21 bits per heavy atom. The Morgan fingerprint density at radius 2 is 2.00 bits per heavy atom. The van der Waals surface area contributed by atoms with Gasteiger partial charge in [0.25, 0.3) is 5.91 Å². The lowest BCUT2D eigenvalue weighted by molar-refractivity contribution is -0.128. The van der Waals surface area contributed by atoms with Crippen LogP contribution in [0, 0.1) is 0 Å². The molecule has 0 fully saturated rings. The third-order valence-corrected chi connectivity index (χ3v) is 4.31. The minimum absolute atomic E-state index is 0.0915. The van der Waals surface area contributed by atoms with E-state index in [4.69, 9.17) is 25.6 Å². The molecule has 0 saturated carbocycles. The van der Waals surface area contributed by atoms with Gasteiger partial charge in [0.2, 0.25) is 11.7 Å². The fraction of sp³-hybridized carbons (Fsp3) is 0.250. The van der Waals surface area contributed by atoms with Crippen molar-refractivity contribution in [2.75, 3.05) is 7.11 Å². The maximum atomic E-state index is 12.5. The van der Waals surface area contributed by atoms with Crippen molar-refractivity contribution in [2.45, 2.75) is 26.0 Å². The third-order valence-electron chi connectivity index (χ3n) is 3.98. The summed E-state index contributed by atoms with van der Waals surface area (Å²) in [4.78, 5) is 16.7. The van der Waals surface area contributed by atoms with E-state index in [1.807, 2.05) is 19.1 Å². The quantitative estimate of drug-likeness (QED) is 0.616. The Morgan fingerprint density at radius 3 is 2.75 bits per heavy atom. The van der Waals surface area contributed by atoms with Crippen molar-refractivity contribution in [1.82, 2.24) is 15.5 Å². The molecule has 0 spiro atoms. The van der Waals surface area contributed by atoms with Gasteiger partial charge >= 0.3 is 0 Å². The van der Waals surface area contributed by atoms with Gasteiger partial charge < -0.3 is 19.3 Å². The summed E-state index contributed by atoms with van der Waals surface area (Å²) in [6.07, 6.45) is -0.157. The fourth-order valence-electron chi connectivity index (χ4n) is 2.52. The van der Waals surface area contributed by atoms with Crippen LogP contribution in [0.25, 0.3) is 11.4 Å². The van der Waals surface area contributed by atoms with Crippen molar-refractivity contribution in [1.29, 1.82) is 0 Å². The first-order valence-corrected chi connectivity index (χ1v) is 9.14. The van der Waals surface area contributed by atoms with Gasteiger partial charge in [-0.2, -0.15) is 4.98 Å². The number of carbonyl (C=O) groups is 1. The molecule has 1 atom stereocenters. The summed E-state index contributed by atoms with van der Waals surface area (Å²) in [7, 11) is 1.57. The van der Waals surface area contributed by atoms with Crippen LogP contribution in [-0.4, -0.2) is 29.3 Å². The van der Waals surface area contributed by atoms with Crippen LogP contribution in [0.4, 0.5) is 0 Å². The summed E-state index contributed by atoms with van der Waals surface area (Å²) in [6.45, 7) is 1.96. The number of hydrogen-bond acceptors (Lipinski definition) is 6. The van der Waals surface area contributed by atoms with E-state index in [0.29, 0.717) is 34.3 Å². The first kappa shape index (κ1) is 19.7. The maximum absolute atomic E-state index is 12.5. The number of amides is 1. The Kier molecular flexibility index (Phi) is 6.49. The standard InChI is InChI=1S/C20H20ClN3O4/c1-3-17(27-14-8-6-7-13(11-14)26-2)20(25)22-12-18-23-19(24-28-18)15-9-4-5-10-16(15)21/h4-11,17H,3,12H2,1-2H3,(H,22,25). The second-order valence-electron chi connectivity index (χ2n) is 5.90. The average molecular weight is 402 g/mol. The molecule has 0 radical (unpaired) electrons. The van der Waals surface area contributed by atoms with E-state index >= 15 is 0 Å². The molecule has 1 heterocycles. The number of nitrogens with one attached hydrogen (secondary N) is 1. The predicted molar refractivity (Wildman–Crippen MR) is 104 cm³/mol. The predicted octanol–water partition coefficient (Wildman–Crippen LogP) is 3.87. The molecule has 1 unspecified atom stereocenters. The molecular weight excluding hydrogens is 382 g/mol. The summed E-state index contributed by atoms with van der Waals surface area (Å²) in [5.41, 5.74) is 0.665. The number of carbonyl (C=O) groups excluding carboxylic acids is 1. The van der Waals surface area contributed by atoms with E-state index in [1.54, 1.807) is 43.5 Å². The number of hydrogen-bond donors (Lipinski definition) is 1. The molecule has 7 nitrogen and oxygen atoms in total. The van der Waals surface area contributed by atoms with Crippen molar-refractivity contribution < 1.29 is 18.8 Å². The van der Waals surface area contributed by atoms with Crippen molar-refractivity contribution in [3.8, 4) is 22.9 Å². The van der Waals surface area contributed by atoms with Crippen LogP contribution in [0.3, 0.4) is 0 Å². The average Bonchev–Trinajstić information content (AvgIpc) is 3.19. The summed E-state index contributed by atoms with van der Waals surface area (Å²) >= 11 is 6.14. The highest BCUT2D eigenvalue weighted by molar-refractivity contribution is 6.33. The molecule has 0 aliphatic rings. The topological polar surface area (TPSA) is 86.5 Å². The zero-order valence-corrected chi connectivity index (χ0v) is 16.3. The summed E-state index contributed by atoms with van der Waals surface area (Å²) in [5, 5.41) is 7.19. The van der Waals surface area contributed by atoms with Crippen LogP contribution in [0.1, 0.15) is 19.2 Å². The molecule has 0 aliphatic carbocycles. The lowest BCUT2D eigenvalue weighted by atomic mass is 10.2. The molecule has 146 valence electrons. The number of ether oxygens (including phenoxy) is 2. The number of aromatic nitrogens is 2. The van der Waals surface area contributed by atoms with Crippen molar-refractivity contribution >= 4 is 17.5 Å². The first-order valence-electron chi connectivity index (χ1n) is 8.76. The van der Waals surface area contributed by atoms with Gasteiger partial charge in [-0.25, -0.2) is 0 Å². The molecular formula is C20H20ClN3O4. The molecule has 1 amide bonds. The molecule has 3 rings (SSSR count). The fourth-order valence-corrected chi connectivity index (χ4v) is 2.74. The molecule has 1 N–H and O–H groups in total. The van der Waals surface area contributed by atoms with Gasteiger partial charge in [0.15, 0.2) is 6.10 Å². The zero-order valence-electron chi connectivity index (χ0n) is 15.5. The number of benzene rings is 2. The van der Waals surface area contributed by atoms with Crippen molar-refractivity contribution in [2.24, 2.45) is 0 Å². The summed E-state index contributed by atoms with van der Waals surface area (Å²) < 4.78 is 16.1. The molecule has 3 aromatic rings. The molecule has 1 aromatic heterocycles. The number of halogens is 1. The van der Waals surface area contributed by atoms with Gasteiger partial charge in [-0.1, -0.05) is 41.9 Å². The highest BCUT2D eigenvalue weighted by atomic mass is 35.5. The largest absolute Gasteiger partial charge is 0.497 e. The number of nitrogens with zero attached hydrogens (tertiary/aromatic N) is 2. The SMILES string of the molecule is CCC(Oc1cccc(OC)c1)C(=O)NCc1nc(-c2ccccc2Cl)no1. The van der Waals surface area contributed by atoms with E-state index in [1.165, 1.54) is 0 Å². The Hall–Kier alpha value is -3.06. The minimum Gasteiger partial charge on any atom is -0.497 e. The monoisotopic (exact) mass is 401 g/mol. The molecule has 0 aliphatic heterocycles. The maximum Gasteiger partial charge on any atom is 0.261 e. The Labute approximate surface area is 167 Å². The van der Waals surface area contributed by atoms with E-state index in [-0.39, 0.29) is 18.3 Å². The molecule has 2 aromatic carbocycles. The first-order chi connectivity index (χ1) is 13.6. The van der Waals surface area contributed by atoms with E-state index in [0.717, 1.165) is 0 Å². The second-order valence-corrected chi connectivity index (χ2v) is 6.31. The molecule has 0 bridgehead atoms. The van der Waals surface area contributed by atoms with Crippen LogP contribution in [0.5, 0.6) is 11.5 Å². The smallest absolute Gasteiger partial charge is 0.261 e. The summed E-state index contributed by atoms with van der Waals surface area (Å²) in [6, 6.07) is 14.3. The molecule has 0 saturated heterocycles. The van der Waals surface area contributed by atoms with Crippen molar-refractivity contribution in [3.63, 3.8) is 0 Å². The second kappa shape index (κ2) is 9.23. The van der Waals surface area contributed by atoms with Crippen LogP contribution in [0.2, 0.25) is 5.02 Å². The van der Waals surface area contributed by atoms with Gasteiger partial charge in [0, 0.05) is 11.6 Å². The van der Waals surface area contributed by atoms with Gasteiger partial charge in [-0.05, 0) is 30.7 Å². The van der Waals surface area contributed by atoms with Gasteiger partial charge in [0.05, 0.1) is 18.7 Å². The van der Waals surface area contributed by atoms with Crippen LogP contribution in [0.15, 0.2) is 53.1 Å². The number of methoxy groups -OCH3 is 1. The highest BCUT2D eigenvalue weighted by Gasteiger charge is 2.20. The lowest BCUT2D eigenvalue weighted by Gasteiger charge is -2.17. The zero-order chi connectivity index (χ0) is 19.9. The molecule has 8 heteroatoms. The normalized spacial score (nSPS) is 11.7. The lowest BCUT2D eigenvalue weighted by Crippen LogP contribution is -2.37. The van der Waals surface area contributed by atoms with Crippen molar-refractivity contribution in [3.05, 3.63) is 59.4 Å². The Bertz CT molecular complexity index is 944. The highest BCUT2D eigenvalue weighted by Crippen LogP contribution is 2.25. The van der Waals surface area contributed by atoms with Gasteiger partial charge in [-0.3, -0.25) is 4.79 Å². The summed E-state index contributed by atoms with van der Waals surface area (Å²) in [5.74, 6) is 1.59. The van der Waals surface area contributed by atoms with E-state index < -0.39 is 6.10 Å². The van der Waals surface area contributed by atoms with Crippen LogP contribution >= 0.6 is 11.6 Å². The van der Waals surface area contributed by atoms with Gasteiger partial charge in [-0.15, -0.1) is 0 Å². The number of rotatable bonds is 8. The third kappa shape index (κ3) is 4.80. The minimum atomic E-state index is -0.655.